The van der Waals surface area contributed by atoms with Crippen molar-refractivity contribution in [3.8, 4) is 0 Å². The van der Waals surface area contributed by atoms with Crippen molar-refractivity contribution in [2.24, 2.45) is 0 Å². The average Bonchev–Trinajstić information content (AvgIpc) is 2.04. The Morgan fingerprint density at radius 3 is 1.83 bits per heavy atom. The summed E-state index contributed by atoms with van der Waals surface area (Å²) in [6.45, 7) is 5.21. The third-order valence-corrected chi connectivity index (χ3v) is 4.64. The van der Waals surface area contributed by atoms with E-state index in [0.29, 0.717) is 13.1 Å². The molecule has 0 aromatic carbocycles. The minimum absolute atomic E-state index is 0.0278. The molecule has 0 N–H and O–H groups in total. The molecular weight excluding hydrogens is 242 g/mol. The summed E-state index contributed by atoms with van der Waals surface area (Å²) in [5, 5.41) is 0. The fourth-order valence-electron chi connectivity index (χ4n) is 0.958. The highest BCUT2D eigenvalue weighted by Crippen LogP contribution is 2.06. The van der Waals surface area contributed by atoms with Crippen LogP contribution in [-0.2, 0) is 10.0 Å². The standard InChI is InChI=1S/C7H16BrNO2S/c1-3-5-9(6-4-2)12(10,11)7-8/h3-7H2,1-2H3. The molecular formula is C7H16BrNO2S. The number of nitrogens with zero attached hydrogens (tertiary/aromatic N) is 1. The summed E-state index contributed by atoms with van der Waals surface area (Å²) < 4.78 is 24.3. The van der Waals surface area contributed by atoms with E-state index in [0.717, 1.165) is 12.8 Å². The van der Waals surface area contributed by atoms with Crippen LogP contribution in [0.1, 0.15) is 26.7 Å². The van der Waals surface area contributed by atoms with Crippen LogP contribution < -0.4 is 0 Å². The summed E-state index contributed by atoms with van der Waals surface area (Å²) >= 11 is 2.98. The predicted octanol–water partition coefficient (Wildman–Crippen LogP) is 1.79. The van der Waals surface area contributed by atoms with Gasteiger partial charge in [0.2, 0.25) is 10.0 Å². The fourth-order valence-corrected chi connectivity index (χ4v) is 2.89. The SMILES string of the molecule is CCCN(CCC)S(=O)(=O)CBr. The molecule has 0 aliphatic carbocycles. The van der Waals surface area contributed by atoms with Crippen LogP contribution in [-0.4, -0.2) is 30.5 Å². The van der Waals surface area contributed by atoms with Gasteiger partial charge in [0.1, 0.15) is 4.66 Å². The maximum atomic E-state index is 11.4. The first-order valence-electron chi connectivity index (χ1n) is 4.12. The topological polar surface area (TPSA) is 37.4 Å². The van der Waals surface area contributed by atoms with Gasteiger partial charge >= 0.3 is 0 Å². The Bertz CT molecular complexity index is 197. The second-order valence-electron chi connectivity index (χ2n) is 2.62. The van der Waals surface area contributed by atoms with E-state index in [2.05, 4.69) is 15.9 Å². The van der Waals surface area contributed by atoms with Gasteiger partial charge in [-0.05, 0) is 12.8 Å². The minimum Gasteiger partial charge on any atom is -0.211 e. The maximum Gasteiger partial charge on any atom is 0.224 e. The van der Waals surface area contributed by atoms with Crippen LogP contribution in [0.4, 0.5) is 0 Å². The highest BCUT2D eigenvalue weighted by molar-refractivity contribution is 9.10. The molecule has 0 fully saturated rings. The van der Waals surface area contributed by atoms with Gasteiger partial charge in [0, 0.05) is 13.1 Å². The van der Waals surface area contributed by atoms with Crippen molar-refractivity contribution >= 4 is 26.0 Å². The van der Waals surface area contributed by atoms with Crippen molar-refractivity contribution in [2.45, 2.75) is 26.7 Å². The second-order valence-corrected chi connectivity index (χ2v) is 5.89. The van der Waals surface area contributed by atoms with E-state index in [-0.39, 0.29) is 4.66 Å². The smallest absolute Gasteiger partial charge is 0.211 e. The van der Waals surface area contributed by atoms with Gasteiger partial charge < -0.3 is 0 Å². The normalized spacial score (nSPS) is 12.3. The Labute approximate surface area is 83.3 Å². The van der Waals surface area contributed by atoms with Crippen molar-refractivity contribution in [2.75, 3.05) is 17.8 Å². The van der Waals surface area contributed by atoms with Crippen LogP contribution in [0, 0.1) is 0 Å². The summed E-state index contributed by atoms with van der Waals surface area (Å²) in [5.74, 6) is 0. The van der Waals surface area contributed by atoms with E-state index in [1.54, 1.807) is 0 Å². The number of halogens is 1. The Kier molecular flexibility index (Phi) is 6.13. The zero-order valence-corrected chi connectivity index (χ0v) is 9.99. The zero-order chi connectivity index (χ0) is 9.61. The lowest BCUT2D eigenvalue weighted by atomic mass is 10.4. The molecule has 0 spiro atoms. The molecule has 0 aromatic heterocycles. The molecule has 0 unspecified atom stereocenters. The Hall–Kier alpha value is 0.390. The van der Waals surface area contributed by atoms with Crippen LogP contribution in [0.3, 0.4) is 0 Å². The predicted molar refractivity (Wildman–Crippen MR) is 54.9 cm³/mol. The molecule has 0 aromatic rings. The molecule has 74 valence electrons. The molecule has 0 aliphatic rings. The lowest BCUT2D eigenvalue weighted by Crippen LogP contribution is -2.33. The van der Waals surface area contributed by atoms with E-state index in [9.17, 15) is 8.42 Å². The van der Waals surface area contributed by atoms with E-state index in [4.69, 9.17) is 0 Å². The Balaban J connectivity index is 4.28. The molecule has 0 bridgehead atoms. The summed E-state index contributed by atoms with van der Waals surface area (Å²) in [5.41, 5.74) is 0. The third kappa shape index (κ3) is 3.87. The van der Waals surface area contributed by atoms with E-state index < -0.39 is 10.0 Å². The van der Waals surface area contributed by atoms with Crippen molar-refractivity contribution in [1.82, 2.24) is 4.31 Å². The van der Waals surface area contributed by atoms with Gasteiger partial charge in [-0.2, -0.15) is 0 Å². The minimum atomic E-state index is -3.03. The molecule has 0 saturated carbocycles. The first-order valence-corrected chi connectivity index (χ1v) is 6.85. The number of sulfonamides is 1. The average molecular weight is 258 g/mol. The van der Waals surface area contributed by atoms with Gasteiger partial charge in [-0.25, -0.2) is 12.7 Å². The highest BCUT2D eigenvalue weighted by Gasteiger charge is 2.17. The molecule has 0 rings (SSSR count). The zero-order valence-electron chi connectivity index (χ0n) is 7.59. The molecule has 0 saturated heterocycles. The molecule has 12 heavy (non-hydrogen) atoms. The van der Waals surface area contributed by atoms with Gasteiger partial charge in [-0.3, -0.25) is 0 Å². The Morgan fingerprint density at radius 2 is 1.58 bits per heavy atom. The number of alkyl halides is 1. The van der Waals surface area contributed by atoms with Gasteiger partial charge in [-0.15, -0.1) is 0 Å². The molecule has 5 heteroatoms. The van der Waals surface area contributed by atoms with Crippen LogP contribution in [0.15, 0.2) is 0 Å². The first kappa shape index (κ1) is 12.4. The van der Waals surface area contributed by atoms with E-state index >= 15 is 0 Å². The van der Waals surface area contributed by atoms with Gasteiger partial charge in [0.15, 0.2) is 0 Å². The van der Waals surface area contributed by atoms with Crippen molar-refractivity contribution in [3.05, 3.63) is 0 Å². The third-order valence-electron chi connectivity index (χ3n) is 1.48. The summed E-state index contributed by atoms with van der Waals surface area (Å²) in [6, 6.07) is 0. The van der Waals surface area contributed by atoms with Gasteiger partial charge in [-0.1, -0.05) is 29.8 Å². The van der Waals surface area contributed by atoms with Crippen LogP contribution in [0.2, 0.25) is 0 Å². The fraction of sp³-hybridized carbons (Fsp3) is 1.00. The molecule has 0 radical (unpaired) electrons. The summed E-state index contributed by atoms with van der Waals surface area (Å²) in [4.78, 5) is 0. The molecule has 0 atom stereocenters. The van der Waals surface area contributed by atoms with Crippen LogP contribution >= 0.6 is 15.9 Å². The quantitative estimate of drug-likeness (QED) is 0.681. The number of hydrogen-bond donors (Lipinski definition) is 0. The van der Waals surface area contributed by atoms with Crippen molar-refractivity contribution < 1.29 is 8.42 Å². The lowest BCUT2D eigenvalue weighted by Gasteiger charge is -2.19. The first-order chi connectivity index (χ1) is 5.58. The largest absolute Gasteiger partial charge is 0.224 e. The molecule has 0 amide bonds. The number of rotatable bonds is 6. The number of hydrogen-bond acceptors (Lipinski definition) is 2. The Morgan fingerprint density at radius 1 is 1.17 bits per heavy atom. The highest BCUT2D eigenvalue weighted by atomic mass is 79.9. The molecule has 0 aliphatic heterocycles. The monoisotopic (exact) mass is 257 g/mol. The van der Waals surface area contributed by atoms with Crippen LogP contribution in [0.25, 0.3) is 0 Å². The van der Waals surface area contributed by atoms with E-state index in [1.165, 1.54) is 4.31 Å². The molecule has 0 heterocycles. The maximum absolute atomic E-state index is 11.4. The van der Waals surface area contributed by atoms with Crippen molar-refractivity contribution in [3.63, 3.8) is 0 Å². The van der Waals surface area contributed by atoms with E-state index in [1.807, 2.05) is 13.8 Å². The second kappa shape index (κ2) is 5.94. The summed E-state index contributed by atoms with van der Waals surface area (Å²) in [7, 11) is -3.03. The van der Waals surface area contributed by atoms with Crippen LogP contribution in [0.5, 0.6) is 0 Å². The van der Waals surface area contributed by atoms with Gasteiger partial charge in [0.05, 0.1) is 0 Å². The van der Waals surface area contributed by atoms with Crippen molar-refractivity contribution in [1.29, 1.82) is 0 Å². The summed E-state index contributed by atoms with van der Waals surface area (Å²) in [6.07, 6.45) is 1.73. The lowest BCUT2D eigenvalue weighted by molar-refractivity contribution is 0.413. The molecule has 3 nitrogen and oxygen atoms in total. The van der Waals surface area contributed by atoms with Gasteiger partial charge in [0.25, 0.3) is 0 Å².